The summed E-state index contributed by atoms with van der Waals surface area (Å²) < 4.78 is 5.40. The number of benzene rings is 1. The summed E-state index contributed by atoms with van der Waals surface area (Å²) >= 11 is 0. The quantitative estimate of drug-likeness (QED) is 0.827. The molecule has 0 aliphatic carbocycles. The highest BCUT2D eigenvalue weighted by Crippen LogP contribution is 2.24. The summed E-state index contributed by atoms with van der Waals surface area (Å²) in [5, 5.41) is 9.68. The molecule has 0 aromatic heterocycles. The number of phenols is 1. The van der Waals surface area contributed by atoms with Crippen LogP contribution in [0, 0.1) is 6.92 Å². The van der Waals surface area contributed by atoms with Crippen molar-refractivity contribution in [3.63, 3.8) is 0 Å². The first-order chi connectivity index (χ1) is 8.42. The fourth-order valence-electron chi connectivity index (χ4n) is 2.13. The van der Waals surface area contributed by atoms with Crippen LogP contribution >= 0.6 is 0 Å². The highest BCUT2D eigenvalue weighted by atomic mass is 16.5. The first kappa shape index (κ1) is 12.9. The van der Waals surface area contributed by atoms with Crippen LogP contribution in [-0.4, -0.2) is 41.2 Å². The second kappa shape index (κ2) is 4.61. The number of ether oxygens (including phenoxy) is 1. The van der Waals surface area contributed by atoms with Gasteiger partial charge < -0.3 is 14.7 Å². The number of morpholine rings is 1. The third kappa shape index (κ3) is 2.34. The number of aryl methyl sites for hydroxylation is 1. The first-order valence-corrected chi connectivity index (χ1v) is 6.11. The summed E-state index contributed by atoms with van der Waals surface area (Å²) in [6.45, 7) is 7.46. The number of carbonyl (C=O) groups excluding carboxylic acids is 1. The fraction of sp³-hybridized carbons (Fsp3) is 0.500. The SMILES string of the molecule is Cc1ccc(C(=O)N2CCOCC2(C)C)cc1O. The van der Waals surface area contributed by atoms with E-state index in [2.05, 4.69) is 0 Å². The van der Waals surface area contributed by atoms with Crippen LogP contribution in [-0.2, 0) is 4.74 Å². The second-order valence-electron chi connectivity index (χ2n) is 5.32. The first-order valence-electron chi connectivity index (χ1n) is 6.11. The van der Waals surface area contributed by atoms with Crippen LogP contribution in [0.25, 0.3) is 0 Å². The Morgan fingerprint density at radius 2 is 2.17 bits per heavy atom. The van der Waals surface area contributed by atoms with Gasteiger partial charge in [0.2, 0.25) is 0 Å². The average molecular weight is 249 g/mol. The van der Waals surface area contributed by atoms with Crippen molar-refractivity contribution >= 4 is 5.91 Å². The van der Waals surface area contributed by atoms with Gasteiger partial charge in [0, 0.05) is 12.1 Å². The van der Waals surface area contributed by atoms with Crippen molar-refractivity contribution in [1.29, 1.82) is 0 Å². The highest BCUT2D eigenvalue weighted by Gasteiger charge is 2.34. The minimum atomic E-state index is -0.310. The molecule has 4 heteroatoms. The van der Waals surface area contributed by atoms with E-state index in [4.69, 9.17) is 4.74 Å². The molecule has 1 aromatic carbocycles. The lowest BCUT2D eigenvalue weighted by molar-refractivity contribution is -0.0370. The van der Waals surface area contributed by atoms with E-state index in [9.17, 15) is 9.90 Å². The molecule has 1 saturated heterocycles. The van der Waals surface area contributed by atoms with E-state index < -0.39 is 0 Å². The molecular formula is C14H19NO3. The van der Waals surface area contributed by atoms with Gasteiger partial charge in [0.05, 0.1) is 18.8 Å². The normalized spacial score (nSPS) is 18.7. The smallest absolute Gasteiger partial charge is 0.254 e. The summed E-state index contributed by atoms with van der Waals surface area (Å²) in [6, 6.07) is 5.04. The third-order valence-corrected chi connectivity index (χ3v) is 3.35. The van der Waals surface area contributed by atoms with Crippen molar-refractivity contribution in [1.82, 2.24) is 4.90 Å². The van der Waals surface area contributed by atoms with Gasteiger partial charge in [-0.15, -0.1) is 0 Å². The molecule has 1 amide bonds. The van der Waals surface area contributed by atoms with Crippen molar-refractivity contribution in [2.45, 2.75) is 26.3 Å². The number of aromatic hydroxyl groups is 1. The molecular weight excluding hydrogens is 230 g/mol. The van der Waals surface area contributed by atoms with Crippen LogP contribution in [0.3, 0.4) is 0 Å². The molecule has 0 spiro atoms. The molecule has 1 aliphatic heterocycles. The summed E-state index contributed by atoms with van der Waals surface area (Å²) in [6.07, 6.45) is 0. The van der Waals surface area contributed by atoms with Crippen LogP contribution in [0.5, 0.6) is 5.75 Å². The lowest BCUT2D eigenvalue weighted by atomic mass is 10.0. The second-order valence-corrected chi connectivity index (χ2v) is 5.32. The van der Waals surface area contributed by atoms with Gasteiger partial charge in [0.15, 0.2) is 0 Å². The molecule has 18 heavy (non-hydrogen) atoms. The van der Waals surface area contributed by atoms with Crippen LogP contribution in [0.4, 0.5) is 0 Å². The molecule has 1 N–H and O–H groups in total. The van der Waals surface area contributed by atoms with Crippen LogP contribution in [0.2, 0.25) is 0 Å². The fourth-order valence-corrected chi connectivity index (χ4v) is 2.13. The molecule has 1 aliphatic rings. The van der Waals surface area contributed by atoms with E-state index in [1.807, 2.05) is 20.8 Å². The maximum Gasteiger partial charge on any atom is 0.254 e. The van der Waals surface area contributed by atoms with E-state index in [0.29, 0.717) is 25.3 Å². The predicted octanol–water partition coefficient (Wildman–Crippen LogP) is 1.95. The van der Waals surface area contributed by atoms with Gasteiger partial charge >= 0.3 is 0 Å². The zero-order valence-electron chi connectivity index (χ0n) is 11.1. The zero-order valence-corrected chi connectivity index (χ0v) is 11.1. The average Bonchev–Trinajstić information content (AvgIpc) is 2.31. The number of hydrogen-bond acceptors (Lipinski definition) is 3. The molecule has 0 unspecified atom stereocenters. The molecule has 0 atom stereocenters. The molecule has 98 valence electrons. The van der Waals surface area contributed by atoms with Crippen molar-refractivity contribution in [3.05, 3.63) is 29.3 Å². The van der Waals surface area contributed by atoms with Gasteiger partial charge in [-0.2, -0.15) is 0 Å². The van der Waals surface area contributed by atoms with E-state index in [1.165, 1.54) is 6.07 Å². The molecule has 0 bridgehead atoms. The Morgan fingerprint density at radius 1 is 1.44 bits per heavy atom. The topological polar surface area (TPSA) is 49.8 Å². The summed E-state index contributed by atoms with van der Waals surface area (Å²) in [5.74, 6) is 0.102. The van der Waals surface area contributed by atoms with Gasteiger partial charge in [-0.25, -0.2) is 0 Å². The maximum absolute atomic E-state index is 12.4. The van der Waals surface area contributed by atoms with Gasteiger partial charge in [0.1, 0.15) is 5.75 Å². The number of carbonyl (C=O) groups is 1. The monoisotopic (exact) mass is 249 g/mol. The Labute approximate surface area is 107 Å². The third-order valence-electron chi connectivity index (χ3n) is 3.35. The summed E-state index contributed by atoms with van der Waals surface area (Å²) in [7, 11) is 0. The lowest BCUT2D eigenvalue weighted by Gasteiger charge is -2.42. The van der Waals surface area contributed by atoms with E-state index in [-0.39, 0.29) is 17.2 Å². The predicted molar refractivity (Wildman–Crippen MR) is 68.8 cm³/mol. The number of hydrogen-bond donors (Lipinski definition) is 1. The van der Waals surface area contributed by atoms with Crippen molar-refractivity contribution < 1.29 is 14.6 Å². The summed E-state index contributed by atoms with van der Waals surface area (Å²) in [5.41, 5.74) is 0.983. The van der Waals surface area contributed by atoms with E-state index >= 15 is 0 Å². The van der Waals surface area contributed by atoms with Crippen molar-refractivity contribution in [2.75, 3.05) is 19.8 Å². The molecule has 1 heterocycles. The molecule has 0 radical (unpaired) electrons. The number of phenolic OH excluding ortho intramolecular Hbond substituents is 1. The standard InChI is InChI=1S/C14H19NO3/c1-10-4-5-11(8-12(10)16)13(17)15-6-7-18-9-14(15,2)3/h4-5,8,16H,6-7,9H2,1-3H3. The molecule has 1 aromatic rings. The van der Waals surface area contributed by atoms with Gasteiger partial charge in [-0.05, 0) is 38.5 Å². The minimum Gasteiger partial charge on any atom is -0.508 e. The maximum atomic E-state index is 12.4. The van der Waals surface area contributed by atoms with E-state index in [0.717, 1.165) is 5.56 Å². The Hall–Kier alpha value is -1.55. The summed E-state index contributed by atoms with van der Waals surface area (Å²) in [4.78, 5) is 14.2. The van der Waals surface area contributed by atoms with Gasteiger partial charge in [-0.1, -0.05) is 6.07 Å². The van der Waals surface area contributed by atoms with Crippen molar-refractivity contribution in [3.8, 4) is 5.75 Å². The van der Waals surface area contributed by atoms with Gasteiger partial charge in [0.25, 0.3) is 5.91 Å². The molecule has 0 saturated carbocycles. The Balaban J connectivity index is 2.27. The van der Waals surface area contributed by atoms with Crippen LogP contribution in [0.1, 0.15) is 29.8 Å². The highest BCUT2D eigenvalue weighted by molar-refractivity contribution is 5.95. The largest absolute Gasteiger partial charge is 0.508 e. The van der Waals surface area contributed by atoms with Crippen LogP contribution < -0.4 is 0 Å². The zero-order chi connectivity index (χ0) is 13.3. The molecule has 2 rings (SSSR count). The van der Waals surface area contributed by atoms with Crippen molar-refractivity contribution in [2.24, 2.45) is 0 Å². The minimum absolute atomic E-state index is 0.0569. The number of amides is 1. The molecule has 1 fully saturated rings. The Bertz CT molecular complexity index is 468. The van der Waals surface area contributed by atoms with Crippen LogP contribution in [0.15, 0.2) is 18.2 Å². The lowest BCUT2D eigenvalue weighted by Crippen LogP contribution is -2.55. The van der Waals surface area contributed by atoms with Gasteiger partial charge in [-0.3, -0.25) is 4.79 Å². The Kier molecular flexibility index (Phi) is 3.30. The Morgan fingerprint density at radius 3 is 2.78 bits per heavy atom. The number of rotatable bonds is 1. The molecule has 4 nitrogen and oxygen atoms in total. The number of nitrogens with zero attached hydrogens (tertiary/aromatic N) is 1. The van der Waals surface area contributed by atoms with E-state index in [1.54, 1.807) is 17.0 Å².